The van der Waals surface area contributed by atoms with Crippen molar-refractivity contribution < 1.29 is 9.47 Å². The van der Waals surface area contributed by atoms with Gasteiger partial charge in [0.25, 0.3) is 0 Å². The van der Waals surface area contributed by atoms with Crippen molar-refractivity contribution in [2.24, 2.45) is 5.92 Å². The third-order valence-corrected chi connectivity index (χ3v) is 2.77. The van der Waals surface area contributed by atoms with Crippen LogP contribution in [0.5, 0.6) is 0 Å². The Morgan fingerprint density at radius 1 is 1.30 bits per heavy atom. The molecular weight excluding hydrogens is 128 g/mol. The van der Waals surface area contributed by atoms with Gasteiger partial charge in [0.1, 0.15) is 0 Å². The van der Waals surface area contributed by atoms with Crippen LogP contribution in [0.15, 0.2) is 0 Å². The Bertz CT molecular complexity index is 129. The zero-order chi connectivity index (χ0) is 7.03. The highest BCUT2D eigenvalue weighted by Crippen LogP contribution is 2.42. The summed E-state index contributed by atoms with van der Waals surface area (Å²) in [6, 6.07) is 0. The van der Waals surface area contributed by atoms with Crippen LogP contribution in [0.4, 0.5) is 0 Å². The molecule has 1 aliphatic carbocycles. The molecule has 1 heterocycles. The third kappa shape index (κ3) is 0.789. The van der Waals surface area contributed by atoms with E-state index in [1.807, 2.05) is 0 Å². The van der Waals surface area contributed by atoms with Gasteiger partial charge in [0.2, 0.25) is 0 Å². The van der Waals surface area contributed by atoms with Crippen LogP contribution in [-0.2, 0) is 9.47 Å². The van der Waals surface area contributed by atoms with Crippen LogP contribution in [0.2, 0.25) is 0 Å². The molecule has 2 rings (SSSR count). The lowest BCUT2D eigenvalue weighted by Crippen LogP contribution is -2.53. The van der Waals surface area contributed by atoms with E-state index in [9.17, 15) is 0 Å². The highest BCUT2D eigenvalue weighted by atomic mass is 16.9. The quantitative estimate of drug-likeness (QED) is 0.514. The van der Waals surface area contributed by atoms with Gasteiger partial charge in [-0.05, 0) is 12.8 Å². The van der Waals surface area contributed by atoms with Gasteiger partial charge in [0.15, 0.2) is 12.6 Å². The van der Waals surface area contributed by atoms with Gasteiger partial charge in [0.05, 0.1) is 0 Å². The minimum absolute atomic E-state index is 0.141. The minimum Gasteiger partial charge on any atom is -0.323 e. The first-order valence-corrected chi connectivity index (χ1v) is 4.11. The van der Waals surface area contributed by atoms with Crippen LogP contribution in [0.25, 0.3) is 0 Å². The Hall–Kier alpha value is -0.0800. The fourth-order valence-corrected chi connectivity index (χ4v) is 1.93. The first kappa shape index (κ1) is 6.62. The number of hydrogen-bond acceptors (Lipinski definition) is 2. The van der Waals surface area contributed by atoms with E-state index < -0.39 is 0 Å². The van der Waals surface area contributed by atoms with Gasteiger partial charge in [-0.1, -0.05) is 13.3 Å². The molecular formula is C8H14O2. The molecule has 1 saturated heterocycles. The second kappa shape index (κ2) is 2.21. The Labute approximate surface area is 61.5 Å². The van der Waals surface area contributed by atoms with E-state index in [-0.39, 0.29) is 5.79 Å². The van der Waals surface area contributed by atoms with Crippen LogP contribution in [0.3, 0.4) is 0 Å². The van der Waals surface area contributed by atoms with Crippen LogP contribution in [-0.4, -0.2) is 12.6 Å². The van der Waals surface area contributed by atoms with E-state index in [0.29, 0.717) is 12.7 Å². The molecule has 0 amide bonds. The van der Waals surface area contributed by atoms with E-state index in [2.05, 4.69) is 6.92 Å². The summed E-state index contributed by atoms with van der Waals surface area (Å²) in [5.74, 6) is 0.466. The summed E-state index contributed by atoms with van der Waals surface area (Å²) < 4.78 is 10.9. The summed E-state index contributed by atoms with van der Waals surface area (Å²) in [5, 5.41) is 0. The first-order chi connectivity index (χ1) is 4.83. The average Bonchev–Trinajstić information content (AvgIpc) is 1.85. The zero-order valence-corrected chi connectivity index (χ0v) is 6.43. The predicted molar refractivity (Wildman–Crippen MR) is 37.4 cm³/mol. The Kier molecular flexibility index (Phi) is 1.46. The summed E-state index contributed by atoms with van der Waals surface area (Å²) in [4.78, 5) is 0. The number of rotatable bonds is 0. The molecule has 1 saturated carbocycles. The molecule has 0 radical (unpaired) electrons. The maximum Gasteiger partial charge on any atom is 0.176 e. The van der Waals surface area contributed by atoms with Gasteiger partial charge in [-0.3, -0.25) is 0 Å². The highest BCUT2D eigenvalue weighted by molar-refractivity contribution is 4.84. The maximum atomic E-state index is 5.45. The molecule has 0 unspecified atom stereocenters. The van der Waals surface area contributed by atoms with Crippen molar-refractivity contribution in [1.82, 2.24) is 0 Å². The topological polar surface area (TPSA) is 18.5 Å². The molecule has 1 atom stereocenters. The van der Waals surface area contributed by atoms with Gasteiger partial charge in [-0.15, -0.1) is 0 Å². The van der Waals surface area contributed by atoms with Crippen LogP contribution in [0.1, 0.15) is 32.6 Å². The summed E-state index contributed by atoms with van der Waals surface area (Å²) in [5.41, 5.74) is 0. The molecule has 58 valence electrons. The second-order valence-electron chi connectivity index (χ2n) is 3.37. The second-order valence-corrected chi connectivity index (χ2v) is 3.37. The van der Waals surface area contributed by atoms with E-state index >= 15 is 0 Å². The normalized spacial score (nSPS) is 37.5. The van der Waals surface area contributed by atoms with E-state index in [4.69, 9.17) is 9.47 Å². The molecule has 0 aromatic carbocycles. The Morgan fingerprint density at radius 3 is 2.50 bits per heavy atom. The van der Waals surface area contributed by atoms with E-state index in [1.54, 1.807) is 0 Å². The van der Waals surface area contributed by atoms with Crippen LogP contribution < -0.4 is 0 Å². The van der Waals surface area contributed by atoms with E-state index in [1.165, 1.54) is 19.3 Å². The molecule has 2 nitrogen and oxygen atoms in total. The largest absolute Gasteiger partial charge is 0.323 e. The fraction of sp³-hybridized carbons (Fsp3) is 1.00. The van der Waals surface area contributed by atoms with Gasteiger partial charge < -0.3 is 9.47 Å². The van der Waals surface area contributed by atoms with Crippen molar-refractivity contribution in [3.8, 4) is 0 Å². The molecule has 2 fully saturated rings. The fourth-order valence-electron chi connectivity index (χ4n) is 1.93. The molecule has 0 N–H and O–H groups in total. The summed E-state index contributed by atoms with van der Waals surface area (Å²) in [7, 11) is 0. The molecule has 0 aromatic heterocycles. The molecule has 0 aromatic rings. The van der Waals surface area contributed by atoms with Crippen molar-refractivity contribution >= 4 is 0 Å². The van der Waals surface area contributed by atoms with Gasteiger partial charge in [-0.2, -0.15) is 0 Å². The smallest absolute Gasteiger partial charge is 0.176 e. The molecule has 1 aliphatic heterocycles. The maximum absolute atomic E-state index is 5.45. The monoisotopic (exact) mass is 142 g/mol. The van der Waals surface area contributed by atoms with Gasteiger partial charge >= 0.3 is 0 Å². The van der Waals surface area contributed by atoms with Crippen molar-refractivity contribution in [3.63, 3.8) is 0 Å². The Morgan fingerprint density at radius 2 is 2.10 bits per heavy atom. The number of ether oxygens (including phenoxy) is 2. The molecule has 2 heteroatoms. The van der Waals surface area contributed by atoms with Gasteiger partial charge in [-0.25, -0.2) is 0 Å². The summed E-state index contributed by atoms with van der Waals surface area (Å²) in [6.45, 7) is 2.74. The third-order valence-electron chi connectivity index (χ3n) is 2.77. The summed E-state index contributed by atoms with van der Waals surface area (Å²) >= 11 is 0. The summed E-state index contributed by atoms with van der Waals surface area (Å²) in [6.07, 6.45) is 4.98. The van der Waals surface area contributed by atoms with Gasteiger partial charge in [0, 0.05) is 12.3 Å². The molecule has 0 bridgehead atoms. The van der Waals surface area contributed by atoms with Crippen LogP contribution >= 0.6 is 0 Å². The average molecular weight is 142 g/mol. The molecule has 10 heavy (non-hydrogen) atoms. The predicted octanol–water partition coefficient (Wildman–Crippen LogP) is 1.90. The number of hydrogen-bond donors (Lipinski definition) is 0. The Balaban J connectivity index is 2.03. The van der Waals surface area contributed by atoms with Crippen molar-refractivity contribution in [2.75, 3.05) is 6.79 Å². The SMILES string of the molecule is C[C@H]1CCCCC12OCO2. The van der Waals surface area contributed by atoms with Crippen molar-refractivity contribution in [1.29, 1.82) is 0 Å². The standard InChI is InChI=1S/C8H14O2/c1-7-4-2-3-5-8(7)9-6-10-8/h7H,2-6H2,1H3/t7-/m0/s1. The van der Waals surface area contributed by atoms with Crippen LogP contribution in [0, 0.1) is 5.92 Å². The highest BCUT2D eigenvalue weighted by Gasteiger charge is 2.46. The first-order valence-electron chi connectivity index (χ1n) is 4.11. The lowest BCUT2D eigenvalue weighted by Gasteiger charge is -2.48. The molecule has 2 aliphatic rings. The van der Waals surface area contributed by atoms with E-state index in [0.717, 1.165) is 6.42 Å². The van der Waals surface area contributed by atoms with Crippen molar-refractivity contribution in [2.45, 2.75) is 38.4 Å². The lowest BCUT2D eigenvalue weighted by molar-refractivity contribution is -0.424. The molecule has 1 spiro atoms. The minimum atomic E-state index is -0.141. The lowest BCUT2D eigenvalue weighted by atomic mass is 9.84. The zero-order valence-electron chi connectivity index (χ0n) is 6.43. The van der Waals surface area contributed by atoms with Crippen molar-refractivity contribution in [3.05, 3.63) is 0 Å².